The molecule has 0 spiro atoms. The number of carbonyl (C=O) groups excluding carboxylic acids is 3. The number of hydrogen-bond donors (Lipinski definition) is 3. The van der Waals surface area contributed by atoms with E-state index in [4.69, 9.17) is 9.47 Å². The van der Waals surface area contributed by atoms with Crippen molar-refractivity contribution >= 4 is 36.2 Å². The second-order valence-electron chi connectivity index (χ2n) is 10.3. The van der Waals surface area contributed by atoms with Crippen molar-refractivity contribution in [2.75, 3.05) is 18.2 Å². The molecule has 2 rings (SSSR count). The summed E-state index contributed by atoms with van der Waals surface area (Å²) in [4.78, 5) is 42.2. The Morgan fingerprint density at radius 2 is 1.61 bits per heavy atom. The molecule has 3 atom stereocenters. The van der Waals surface area contributed by atoms with Crippen LogP contribution in [0, 0.1) is 13.8 Å². The number of anilines is 1. The first kappa shape index (κ1) is 31.0. The molecule has 9 heteroatoms. The van der Waals surface area contributed by atoms with Gasteiger partial charge in [-0.25, -0.2) is 4.79 Å². The van der Waals surface area contributed by atoms with E-state index in [0.29, 0.717) is 17.9 Å². The highest BCUT2D eigenvalue weighted by atomic mass is 32.1. The topological polar surface area (TPSA) is 97.0 Å². The van der Waals surface area contributed by atoms with Crippen LogP contribution in [0.2, 0.25) is 0 Å². The van der Waals surface area contributed by atoms with E-state index in [2.05, 4.69) is 23.3 Å². The van der Waals surface area contributed by atoms with Gasteiger partial charge in [0, 0.05) is 17.5 Å². The Hall–Kier alpha value is -3.20. The summed E-state index contributed by atoms with van der Waals surface area (Å²) in [5, 5.41) is 5.61. The molecule has 0 radical (unpaired) electrons. The standard InChI is InChI=1S/C29H41N3O5S/c1-9-20(4)32(27(34)23(17-38)31-28(35)37-29(5,6)7)25(24-18(2)11-10-12-19(24)3)26(33)30-21-13-15-22(36-8)16-14-21/h10-16,20,23,25,38H,9,17H2,1-8H3,(H,30,33)(H,31,35). The first-order valence-corrected chi connectivity index (χ1v) is 13.4. The number of amides is 3. The van der Waals surface area contributed by atoms with Crippen LogP contribution in [0.15, 0.2) is 42.5 Å². The Labute approximate surface area is 231 Å². The lowest BCUT2D eigenvalue weighted by molar-refractivity contribution is -0.143. The van der Waals surface area contributed by atoms with E-state index in [1.165, 1.54) is 0 Å². The summed E-state index contributed by atoms with van der Waals surface area (Å²) in [5.74, 6) is -0.0883. The van der Waals surface area contributed by atoms with Crippen molar-refractivity contribution in [2.45, 2.75) is 78.6 Å². The molecular weight excluding hydrogens is 502 g/mol. The molecule has 2 N–H and O–H groups in total. The van der Waals surface area contributed by atoms with Crippen LogP contribution in [0.25, 0.3) is 0 Å². The van der Waals surface area contributed by atoms with Crippen molar-refractivity contribution in [3.05, 3.63) is 59.2 Å². The summed E-state index contributed by atoms with van der Waals surface area (Å²) in [6.07, 6.45) is -0.130. The molecule has 2 aromatic rings. The predicted octanol–water partition coefficient (Wildman–Crippen LogP) is 5.44. The quantitative estimate of drug-likeness (QED) is 0.347. The van der Waals surface area contributed by atoms with E-state index < -0.39 is 29.7 Å². The fraction of sp³-hybridized carbons (Fsp3) is 0.483. The molecule has 3 unspecified atom stereocenters. The second-order valence-corrected chi connectivity index (χ2v) is 10.7. The minimum atomic E-state index is -0.997. The zero-order chi connectivity index (χ0) is 28.6. The molecule has 0 fully saturated rings. The third-order valence-corrected chi connectivity index (χ3v) is 6.56. The highest BCUT2D eigenvalue weighted by molar-refractivity contribution is 7.80. The molecule has 8 nitrogen and oxygen atoms in total. The molecule has 0 aromatic heterocycles. The van der Waals surface area contributed by atoms with Gasteiger partial charge in [0.1, 0.15) is 23.4 Å². The van der Waals surface area contributed by atoms with E-state index in [-0.39, 0.29) is 17.7 Å². The number of benzene rings is 2. The summed E-state index contributed by atoms with van der Waals surface area (Å²) in [5.41, 5.74) is 2.33. The third kappa shape index (κ3) is 8.15. The molecule has 0 saturated heterocycles. The molecule has 0 bridgehead atoms. The van der Waals surface area contributed by atoms with Gasteiger partial charge in [0.15, 0.2) is 0 Å². The fourth-order valence-corrected chi connectivity index (χ4v) is 4.40. The number of ether oxygens (including phenoxy) is 2. The van der Waals surface area contributed by atoms with Gasteiger partial charge in [0.05, 0.1) is 7.11 Å². The van der Waals surface area contributed by atoms with Crippen molar-refractivity contribution in [1.82, 2.24) is 10.2 Å². The lowest BCUT2D eigenvalue weighted by atomic mass is 9.92. The Balaban J connectivity index is 2.56. The Bertz CT molecular complexity index is 1090. The van der Waals surface area contributed by atoms with Gasteiger partial charge in [-0.3, -0.25) is 9.59 Å². The average molecular weight is 544 g/mol. The van der Waals surface area contributed by atoms with Crippen LogP contribution < -0.4 is 15.4 Å². The minimum Gasteiger partial charge on any atom is -0.497 e. The lowest BCUT2D eigenvalue weighted by Gasteiger charge is -2.39. The van der Waals surface area contributed by atoms with Crippen LogP contribution in [-0.4, -0.2) is 53.4 Å². The van der Waals surface area contributed by atoms with E-state index in [0.717, 1.165) is 16.7 Å². The molecule has 0 aliphatic heterocycles. The maximum atomic E-state index is 14.1. The van der Waals surface area contributed by atoms with Crippen molar-refractivity contribution in [2.24, 2.45) is 0 Å². The molecule has 2 aromatic carbocycles. The van der Waals surface area contributed by atoms with E-state index in [1.54, 1.807) is 57.0 Å². The summed E-state index contributed by atoms with van der Waals surface area (Å²) in [6.45, 7) is 12.9. The number of methoxy groups -OCH3 is 1. The molecule has 0 saturated carbocycles. The summed E-state index contributed by atoms with van der Waals surface area (Å²) in [7, 11) is 1.57. The van der Waals surface area contributed by atoms with Crippen molar-refractivity contribution in [3.63, 3.8) is 0 Å². The molecule has 0 aliphatic rings. The van der Waals surface area contributed by atoms with Crippen LogP contribution in [0.5, 0.6) is 5.75 Å². The Morgan fingerprint density at radius 1 is 1.03 bits per heavy atom. The monoisotopic (exact) mass is 543 g/mol. The SMILES string of the molecule is CCC(C)N(C(=O)C(CS)NC(=O)OC(C)(C)C)C(C(=O)Nc1ccc(OC)cc1)c1c(C)cccc1C. The maximum Gasteiger partial charge on any atom is 0.408 e. The number of nitrogens with zero attached hydrogens (tertiary/aromatic N) is 1. The van der Waals surface area contributed by atoms with Crippen LogP contribution in [-0.2, 0) is 14.3 Å². The molecule has 0 aliphatic carbocycles. The average Bonchev–Trinajstić information content (AvgIpc) is 2.85. The number of hydrogen-bond acceptors (Lipinski definition) is 6. The number of rotatable bonds is 10. The summed E-state index contributed by atoms with van der Waals surface area (Å²) in [6, 6.07) is 10.5. The van der Waals surface area contributed by atoms with Crippen molar-refractivity contribution in [3.8, 4) is 5.75 Å². The number of alkyl carbamates (subject to hydrolysis) is 1. The number of nitrogens with one attached hydrogen (secondary N) is 2. The number of thiol groups is 1. The van der Waals surface area contributed by atoms with Gasteiger partial charge >= 0.3 is 6.09 Å². The largest absolute Gasteiger partial charge is 0.497 e. The van der Waals surface area contributed by atoms with Crippen molar-refractivity contribution < 1.29 is 23.9 Å². The van der Waals surface area contributed by atoms with E-state index in [1.807, 2.05) is 45.9 Å². The Kier molecular flexibility index (Phi) is 11.1. The molecule has 38 heavy (non-hydrogen) atoms. The number of carbonyl (C=O) groups is 3. The normalized spacial score (nSPS) is 13.6. The van der Waals surface area contributed by atoms with Crippen LogP contribution in [0.4, 0.5) is 10.5 Å². The van der Waals surface area contributed by atoms with Gasteiger partial charge in [-0.15, -0.1) is 0 Å². The third-order valence-electron chi connectivity index (χ3n) is 6.19. The highest BCUT2D eigenvalue weighted by Crippen LogP contribution is 2.32. The second kappa shape index (κ2) is 13.6. The van der Waals surface area contributed by atoms with Gasteiger partial charge in [0.2, 0.25) is 5.91 Å². The van der Waals surface area contributed by atoms with Crippen molar-refractivity contribution in [1.29, 1.82) is 0 Å². The van der Waals surface area contributed by atoms with Gasteiger partial charge in [0.25, 0.3) is 5.91 Å². The minimum absolute atomic E-state index is 0.0323. The van der Waals surface area contributed by atoms with E-state index in [9.17, 15) is 14.4 Å². The maximum absolute atomic E-state index is 14.1. The van der Waals surface area contributed by atoms with Gasteiger partial charge in [-0.2, -0.15) is 12.6 Å². The molecular formula is C29H41N3O5S. The van der Waals surface area contributed by atoms with Gasteiger partial charge in [-0.05, 0) is 88.9 Å². The lowest BCUT2D eigenvalue weighted by Crippen LogP contribution is -2.55. The van der Waals surface area contributed by atoms with E-state index >= 15 is 0 Å². The fourth-order valence-electron chi connectivity index (χ4n) is 4.15. The molecule has 208 valence electrons. The zero-order valence-corrected chi connectivity index (χ0v) is 24.5. The smallest absolute Gasteiger partial charge is 0.408 e. The predicted molar refractivity (Wildman–Crippen MR) is 154 cm³/mol. The van der Waals surface area contributed by atoms with Gasteiger partial charge < -0.3 is 25.0 Å². The number of aryl methyl sites for hydroxylation is 2. The molecule has 3 amide bonds. The van der Waals surface area contributed by atoms with Crippen LogP contribution >= 0.6 is 12.6 Å². The highest BCUT2D eigenvalue weighted by Gasteiger charge is 2.39. The zero-order valence-electron chi connectivity index (χ0n) is 23.6. The summed E-state index contributed by atoms with van der Waals surface area (Å²) < 4.78 is 10.6. The first-order valence-electron chi connectivity index (χ1n) is 12.8. The summed E-state index contributed by atoms with van der Waals surface area (Å²) >= 11 is 4.35. The van der Waals surface area contributed by atoms with Crippen LogP contribution in [0.3, 0.4) is 0 Å². The Morgan fingerprint density at radius 3 is 2.08 bits per heavy atom. The first-order chi connectivity index (χ1) is 17.8. The van der Waals surface area contributed by atoms with Crippen LogP contribution in [0.1, 0.15) is 63.8 Å². The molecule has 0 heterocycles. The van der Waals surface area contributed by atoms with Gasteiger partial charge in [-0.1, -0.05) is 25.1 Å².